The first-order valence-corrected chi connectivity index (χ1v) is 7.92. The minimum atomic E-state index is -0.695. The van der Waals surface area contributed by atoms with Crippen LogP contribution in [0.5, 0.6) is 5.75 Å². The first kappa shape index (κ1) is 19.1. The molecule has 7 nitrogen and oxygen atoms in total. The molecule has 2 aromatic rings. The summed E-state index contributed by atoms with van der Waals surface area (Å²) < 4.78 is 10.3. The Hall–Kier alpha value is -3.22. The summed E-state index contributed by atoms with van der Waals surface area (Å²) in [4.78, 5) is 34.2. The largest absolute Gasteiger partial charge is 0.482 e. The first-order valence-electron chi connectivity index (χ1n) is 7.92. The zero-order chi connectivity index (χ0) is 19.3. The van der Waals surface area contributed by atoms with E-state index < -0.39 is 23.3 Å². The molecule has 136 valence electrons. The molecule has 0 unspecified atom stereocenters. The predicted octanol–water partition coefficient (Wildman–Crippen LogP) is 3.32. The Morgan fingerprint density at radius 1 is 1.00 bits per heavy atom. The molecule has 0 N–H and O–H groups in total. The van der Waals surface area contributed by atoms with Gasteiger partial charge in [0.05, 0.1) is 4.92 Å². The van der Waals surface area contributed by atoms with Gasteiger partial charge in [-0.15, -0.1) is 0 Å². The maximum Gasteiger partial charge on any atom is 0.344 e. The van der Waals surface area contributed by atoms with Gasteiger partial charge in [-0.1, -0.05) is 29.8 Å². The van der Waals surface area contributed by atoms with Crippen LogP contribution in [-0.2, 0) is 9.53 Å². The summed E-state index contributed by atoms with van der Waals surface area (Å²) in [5.41, 5.74) is 2.38. The second-order valence-electron chi connectivity index (χ2n) is 5.90. The molecule has 0 fully saturated rings. The van der Waals surface area contributed by atoms with Crippen LogP contribution in [0, 0.1) is 30.9 Å². The Bertz CT molecular complexity index is 859. The van der Waals surface area contributed by atoms with Crippen molar-refractivity contribution in [1.82, 2.24) is 0 Å². The molecule has 0 saturated carbocycles. The van der Waals surface area contributed by atoms with Gasteiger partial charge in [-0.2, -0.15) is 0 Å². The lowest BCUT2D eigenvalue weighted by molar-refractivity contribution is -0.385. The highest BCUT2D eigenvalue weighted by Gasteiger charge is 2.16. The fraction of sp³-hybridized carbons (Fsp3) is 0.263. The molecule has 0 aliphatic carbocycles. The van der Waals surface area contributed by atoms with Crippen LogP contribution in [0.4, 0.5) is 5.69 Å². The summed E-state index contributed by atoms with van der Waals surface area (Å²) in [6.07, 6.45) is 0. The Morgan fingerprint density at radius 2 is 1.73 bits per heavy atom. The summed E-state index contributed by atoms with van der Waals surface area (Å²) in [6.45, 7) is 4.56. The van der Waals surface area contributed by atoms with E-state index in [1.54, 1.807) is 13.0 Å². The fourth-order valence-corrected chi connectivity index (χ4v) is 2.35. The number of carbonyl (C=O) groups excluding carboxylic acids is 2. The molecule has 7 heteroatoms. The van der Waals surface area contributed by atoms with E-state index in [0.29, 0.717) is 11.3 Å². The second kappa shape index (κ2) is 8.24. The van der Waals surface area contributed by atoms with Crippen molar-refractivity contribution in [1.29, 1.82) is 0 Å². The zero-order valence-electron chi connectivity index (χ0n) is 14.8. The molecule has 2 aromatic carbocycles. The van der Waals surface area contributed by atoms with Crippen molar-refractivity contribution in [2.24, 2.45) is 0 Å². The number of ketones is 1. The number of ether oxygens (including phenoxy) is 2. The van der Waals surface area contributed by atoms with Crippen molar-refractivity contribution in [3.63, 3.8) is 0 Å². The monoisotopic (exact) mass is 357 g/mol. The predicted molar refractivity (Wildman–Crippen MR) is 94.5 cm³/mol. The molecule has 0 saturated heterocycles. The molecule has 0 aliphatic rings. The van der Waals surface area contributed by atoms with Gasteiger partial charge in [-0.05, 0) is 32.4 Å². The fourth-order valence-electron chi connectivity index (χ4n) is 2.35. The van der Waals surface area contributed by atoms with Crippen molar-refractivity contribution in [2.75, 3.05) is 13.2 Å². The Balaban J connectivity index is 1.89. The lowest BCUT2D eigenvalue weighted by Gasteiger charge is -2.09. The van der Waals surface area contributed by atoms with Crippen molar-refractivity contribution in [2.45, 2.75) is 20.8 Å². The number of nitro benzene ring substituents is 1. The van der Waals surface area contributed by atoms with Gasteiger partial charge in [-0.3, -0.25) is 14.9 Å². The van der Waals surface area contributed by atoms with Crippen LogP contribution in [0.25, 0.3) is 0 Å². The van der Waals surface area contributed by atoms with Crippen molar-refractivity contribution < 1.29 is 24.0 Å². The van der Waals surface area contributed by atoms with Crippen molar-refractivity contribution in [3.05, 3.63) is 68.8 Å². The molecule has 0 aliphatic heterocycles. The highest BCUT2D eigenvalue weighted by atomic mass is 16.6. The number of rotatable bonds is 7. The van der Waals surface area contributed by atoms with Gasteiger partial charge in [0, 0.05) is 17.2 Å². The van der Waals surface area contributed by atoms with Gasteiger partial charge in [0.2, 0.25) is 5.78 Å². The van der Waals surface area contributed by atoms with Gasteiger partial charge in [-0.25, -0.2) is 4.79 Å². The number of Topliss-reactive ketones (excluding diaryl/α,β-unsaturated/α-hetero) is 1. The average molecular weight is 357 g/mol. The van der Waals surface area contributed by atoms with Gasteiger partial charge in [0.25, 0.3) is 5.69 Å². The van der Waals surface area contributed by atoms with Crippen molar-refractivity contribution >= 4 is 17.4 Å². The summed E-state index contributed by atoms with van der Waals surface area (Å²) in [5, 5.41) is 10.9. The zero-order valence-corrected chi connectivity index (χ0v) is 14.8. The SMILES string of the molecule is Cc1ccc(OCC(=O)OCC(=O)c2ccc(C)c([N+](=O)[O-])c2)c(C)c1. The highest BCUT2D eigenvalue weighted by molar-refractivity contribution is 5.98. The molecule has 0 spiro atoms. The first-order chi connectivity index (χ1) is 12.3. The smallest absolute Gasteiger partial charge is 0.344 e. The third-order valence-electron chi connectivity index (χ3n) is 3.77. The maximum atomic E-state index is 12.1. The number of nitro groups is 1. The van der Waals surface area contributed by atoms with Crippen LogP contribution in [0.2, 0.25) is 0 Å². The third kappa shape index (κ3) is 4.89. The summed E-state index contributed by atoms with van der Waals surface area (Å²) in [5.74, 6) is -0.652. The summed E-state index contributed by atoms with van der Waals surface area (Å²) in [7, 11) is 0. The molecule has 0 atom stereocenters. The van der Waals surface area contributed by atoms with E-state index in [2.05, 4.69) is 0 Å². The van der Waals surface area contributed by atoms with E-state index in [-0.39, 0.29) is 17.9 Å². The van der Waals surface area contributed by atoms with Gasteiger partial charge < -0.3 is 9.47 Å². The number of hydrogen-bond acceptors (Lipinski definition) is 6. The number of hydrogen-bond donors (Lipinski definition) is 0. The van der Waals surface area contributed by atoms with Crippen LogP contribution in [0.1, 0.15) is 27.0 Å². The molecule has 0 amide bonds. The maximum absolute atomic E-state index is 12.1. The molecular formula is C19H19NO6. The standard InChI is InChI=1S/C19H19NO6/c1-12-4-7-18(14(3)8-12)25-11-19(22)26-10-17(21)15-6-5-13(2)16(9-15)20(23)24/h4-9H,10-11H2,1-3H3. The number of esters is 1. The minimum absolute atomic E-state index is 0.116. The van der Waals surface area contributed by atoms with Crippen molar-refractivity contribution in [3.8, 4) is 5.75 Å². The van der Waals surface area contributed by atoms with Gasteiger partial charge in [0.15, 0.2) is 13.2 Å². The van der Waals surface area contributed by atoms with Crippen LogP contribution >= 0.6 is 0 Å². The Labute approximate surface area is 150 Å². The van der Waals surface area contributed by atoms with Crippen LogP contribution in [-0.4, -0.2) is 29.9 Å². The van der Waals surface area contributed by atoms with E-state index in [4.69, 9.17) is 9.47 Å². The number of benzene rings is 2. The third-order valence-corrected chi connectivity index (χ3v) is 3.77. The van der Waals surface area contributed by atoms with E-state index in [1.165, 1.54) is 18.2 Å². The molecule has 0 bridgehead atoms. The average Bonchev–Trinajstić information content (AvgIpc) is 2.59. The lowest BCUT2D eigenvalue weighted by atomic mass is 10.1. The lowest BCUT2D eigenvalue weighted by Crippen LogP contribution is -2.19. The quantitative estimate of drug-likeness (QED) is 0.326. The molecule has 26 heavy (non-hydrogen) atoms. The summed E-state index contributed by atoms with van der Waals surface area (Å²) in [6, 6.07) is 9.67. The normalized spacial score (nSPS) is 10.3. The van der Waals surface area contributed by atoms with E-state index in [1.807, 2.05) is 26.0 Å². The molecule has 0 aromatic heterocycles. The molecular weight excluding hydrogens is 338 g/mol. The number of nitrogens with zero attached hydrogens (tertiary/aromatic N) is 1. The highest BCUT2D eigenvalue weighted by Crippen LogP contribution is 2.20. The molecule has 0 radical (unpaired) electrons. The Morgan fingerprint density at radius 3 is 2.38 bits per heavy atom. The topological polar surface area (TPSA) is 95.7 Å². The van der Waals surface area contributed by atoms with Gasteiger partial charge in [0.1, 0.15) is 5.75 Å². The van der Waals surface area contributed by atoms with E-state index in [9.17, 15) is 19.7 Å². The van der Waals surface area contributed by atoms with E-state index in [0.717, 1.165) is 11.1 Å². The number of carbonyl (C=O) groups is 2. The second-order valence-corrected chi connectivity index (χ2v) is 5.90. The minimum Gasteiger partial charge on any atom is -0.482 e. The Kier molecular flexibility index (Phi) is 6.06. The number of aryl methyl sites for hydroxylation is 3. The van der Waals surface area contributed by atoms with Crippen LogP contribution < -0.4 is 4.74 Å². The molecule has 0 heterocycles. The van der Waals surface area contributed by atoms with Crippen LogP contribution in [0.3, 0.4) is 0 Å². The molecule has 2 rings (SSSR count). The van der Waals surface area contributed by atoms with Crippen LogP contribution in [0.15, 0.2) is 36.4 Å². The van der Waals surface area contributed by atoms with E-state index >= 15 is 0 Å². The van der Waals surface area contributed by atoms with Gasteiger partial charge >= 0.3 is 5.97 Å². The summed E-state index contributed by atoms with van der Waals surface area (Å²) >= 11 is 0.